The standard InChI is InChI=1S/C15H23N3O2S/c1-3-21-9-8-16-15(19)14-10-13(17-18-14)11-4-6-12(20-2)7-5-11/h4-7,13-14,17-18H,3,8-10H2,1-2H3,(H,16,19). The molecule has 1 aliphatic heterocycles. The van der Waals surface area contributed by atoms with Crippen LogP contribution in [0.5, 0.6) is 5.75 Å². The molecule has 116 valence electrons. The van der Waals surface area contributed by atoms with Crippen molar-refractivity contribution in [1.29, 1.82) is 0 Å². The van der Waals surface area contributed by atoms with E-state index in [0.717, 1.165) is 35.8 Å². The first-order chi connectivity index (χ1) is 10.2. The summed E-state index contributed by atoms with van der Waals surface area (Å²) in [5.74, 6) is 2.95. The van der Waals surface area contributed by atoms with E-state index in [1.807, 2.05) is 36.0 Å². The maximum absolute atomic E-state index is 12.0. The summed E-state index contributed by atoms with van der Waals surface area (Å²) in [6, 6.07) is 7.89. The molecule has 1 saturated heterocycles. The number of methoxy groups -OCH3 is 1. The molecule has 0 saturated carbocycles. The normalized spacial score (nSPS) is 21.2. The zero-order valence-electron chi connectivity index (χ0n) is 12.5. The SMILES string of the molecule is CCSCCNC(=O)C1CC(c2ccc(OC)cc2)NN1. The lowest BCUT2D eigenvalue weighted by atomic mass is 10.0. The molecule has 1 amide bonds. The summed E-state index contributed by atoms with van der Waals surface area (Å²) in [4.78, 5) is 12.0. The number of carbonyl (C=O) groups is 1. The van der Waals surface area contributed by atoms with Gasteiger partial charge in [-0.05, 0) is 29.9 Å². The summed E-state index contributed by atoms with van der Waals surface area (Å²) in [5.41, 5.74) is 7.41. The third-order valence-corrected chi connectivity index (χ3v) is 4.39. The Balaban J connectivity index is 1.80. The van der Waals surface area contributed by atoms with Crippen molar-refractivity contribution < 1.29 is 9.53 Å². The first kappa shape index (κ1) is 16.1. The van der Waals surface area contributed by atoms with E-state index in [4.69, 9.17) is 4.74 Å². The van der Waals surface area contributed by atoms with E-state index >= 15 is 0 Å². The number of hydrogen-bond acceptors (Lipinski definition) is 5. The Morgan fingerprint density at radius 2 is 2.14 bits per heavy atom. The van der Waals surface area contributed by atoms with Crippen molar-refractivity contribution in [3.8, 4) is 5.75 Å². The van der Waals surface area contributed by atoms with E-state index in [1.54, 1.807) is 7.11 Å². The van der Waals surface area contributed by atoms with Crippen LogP contribution in [-0.2, 0) is 4.79 Å². The molecule has 6 heteroatoms. The number of nitrogens with one attached hydrogen (secondary N) is 3. The monoisotopic (exact) mass is 309 g/mol. The predicted octanol–water partition coefficient (Wildman–Crippen LogP) is 1.47. The van der Waals surface area contributed by atoms with Crippen molar-refractivity contribution in [2.45, 2.75) is 25.4 Å². The molecule has 2 rings (SSSR count). The lowest BCUT2D eigenvalue weighted by Crippen LogP contribution is -2.43. The maximum atomic E-state index is 12.0. The molecule has 1 aromatic carbocycles. The second-order valence-corrected chi connectivity index (χ2v) is 6.28. The molecular weight excluding hydrogens is 286 g/mol. The van der Waals surface area contributed by atoms with E-state index < -0.39 is 0 Å². The highest BCUT2D eigenvalue weighted by molar-refractivity contribution is 7.99. The summed E-state index contributed by atoms with van der Waals surface area (Å²) in [5, 5.41) is 2.97. The number of thioether (sulfide) groups is 1. The third-order valence-electron chi connectivity index (χ3n) is 3.49. The molecular formula is C15H23N3O2S. The summed E-state index contributed by atoms with van der Waals surface area (Å²) in [6.45, 7) is 2.84. The van der Waals surface area contributed by atoms with Gasteiger partial charge in [-0.25, -0.2) is 10.9 Å². The molecule has 0 aromatic heterocycles. The van der Waals surface area contributed by atoms with Gasteiger partial charge in [-0.1, -0.05) is 19.1 Å². The van der Waals surface area contributed by atoms with Crippen molar-refractivity contribution in [3.05, 3.63) is 29.8 Å². The zero-order valence-corrected chi connectivity index (χ0v) is 13.3. The number of carbonyl (C=O) groups excluding carboxylic acids is 1. The van der Waals surface area contributed by atoms with Crippen molar-refractivity contribution in [3.63, 3.8) is 0 Å². The average molecular weight is 309 g/mol. The summed E-state index contributed by atoms with van der Waals surface area (Å²) < 4.78 is 5.15. The Bertz CT molecular complexity index is 453. The smallest absolute Gasteiger partial charge is 0.238 e. The molecule has 0 aliphatic carbocycles. The van der Waals surface area contributed by atoms with E-state index in [1.165, 1.54) is 0 Å². The molecule has 0 radical (unpaired) electrons. The van der Waals surface area contributed by atoms with Crippen molar-refractivity contribution in [1.82, 2.24) is 16.2 Å². The van der Waals surface area contributed by atoms with Gasteiger partial charge < -0.3 is 10.1 Å². The van der Waals surface area contributed by atoms with Crippen LogP contribution in [0.15, 0.2) is 24.3 Å². The average Bonchev–Trinajstić information content (AvgIpc) is 3.01. The number of hydrogen-bond donors (Lipinski definition) is 3. The van der Waals surface area contributed by atoms with Crippen molar-refractivity contribution in [2.75, 3.05) is 25.2 Å². The minimum atomic E-state index is -0.177. The third kappa shape index (κ3) is 4.62. The van der Waals surface area contributed by atoms with Crippen LogP contribution in [0.2, 0.25) is 0 Å². The lowest BCUT2D eigenvalue weighted by Gasteiger charge is -2.11. The fourth-order valence-corrected chi connectivity index (χ4v) is 2.83. The molecule has 1 heterocycles. The second kappa shape index (κ2) is 8.26. The van der Waals surface area contributed by atoms with E-state index in [-0.39, 0.29) is 18.0 Å². The fraction of sp³-hybridized carbons (Fsp3) is 0.533. The van der Waals surface area contributed by atoms with Gasteiger partial charge in [-0.3, -0.25) is 4.79 Å². The number of benzene rings is 1. The molecule has 21 heavy (non-hydrogen) atoms. The number of hydrazine groups is 1. The van der Waals surface area contributed by atoms with Crippen LogP contribution >= 0.6 is 11.8 Å². The van der Waals surface area contributed by atoms with E-state index in [0.29, 0.717) is 0 Å². The van der Waals surface area contributed by atoms with Crippen molar-refractivity contribution in [2.24, 2.45) is 0 Å². The van der Waals surface area contributed by atoms with Gasteiger partial charge in [0.1, 0.15) is 11.8 Å². The van der Waals surface area contributed by atoms with Gasteiger partial charge in [0.05, 0.1) is 7.11 Å². The number of rotatable bonds is 7. The quantitative estimate of drug-likeness (QED) is 0.666. The van der Waals surface area contributed by atoms with Crippen LogP contribution in [0.3, 0.4) is 0 Å². The Hall–Kier alpha value is -1.24. The van der Waals surface area contributed by atoms with Gasteiger partial charge >= 0.3 is 0 Å². The molecule has 1 fully saturated rings. The van der Waals surface area contributed by atoms with E-state index in [2.05, 4.69) is 23.1 Å². The highest BCUT2D eigenvalue weighted by Gasteiger charge is 2.29. The number of amides is 1. The molecule has 2 atom stereocenters. The van der Waals surface area contributed by atoms with Crippen LogP contribution in [-0.4, -0.2) is 37.1 Å². The molecule has 1 aromatic rings. The molecule has 3 N–H and O–H groups in total. The highest BCUT2D eigenvalue weighted by atomic mass is 32.2. The Labute approximate surface area is 130 Å². The molecule has 5 nitrogen and oxygen atoms in total. The van der Waals surface area contributed by atoms with Gasteiger partial charge in [0.15, 0.2) is 0 Å². The van der Waals surface area contributed by atoms with Gasteiger partial charge in [0, 0.05) is 18.3 Å². The van der Waals surface area contributed by atoms with Gasteiger partial charge in [0.25, 0.3) is 0 Å². The van der Waals surface area contributed by atoms with Crippen molar-refractivity contribution >= 4 is 17.7 Å². The first-order valence-electron chi connectivity index (χ1n) is 7.25. The predicted molar refractivity (Wildman–Crippen MR) is 86.4 cm³/mol. The van der Waals surface area contributed by atoms with Crippen LogP contribution in [0.4, 0.5) is 0 Å². The minimum absolute atomic E-state index is 0.0650. The number of ether oxygens (including phenoxy) is 1. The molecule has 0 spiro atoms. The van der Waals surface area contributed by atoms with Gasteiger partial charge in [-0.2, -0.15) is 11.8 Å². The summed E-state index contributed by atoms with van der Waals surface area (Å²) in [6.07, 6.45) is 0.749. The van der Waals surface area contributed by atoms with Crippen LogP contribution in [0.25, 0.3) is 0 Å². The molecule has 2 unspecified atom stereocenters. The van der Waals surface area contributed by atoms with E-state index in [9.17, 15) is 4.79 Å². The van der Waals surface area contributed by atoms with Gasteiger partial charge in [-0.15, -0.1) is 0 Å². The Kier molecular flexibility index (Phi) is 6.35. The van der Waals surface area contributed by atoms with Crippen LogP contribution < -0.4 is 20.9 Å². The maximum Gasteiger partial charge on any atom is 0.238 e. The molecule has 1 aliphatic rings. The van der Waals surface area contributed by atoms with Crippen LogP contribution in [0, 0.1) is 0 Å². The summed E-state index contributed by atoms with van der Waals surface area (Å²) >= 11 is 1.83. The Morgan fingerprint density at radius 3 is 2.81 bits per heavy atom. The first-order valence-corrected chi connectivity index (χ1v) is 8.40. The largest absolute Gasteiger partial charge is 0.497 e. The second-order valence-electron chi connectivity index (χ2n) is 4.89. The minimum Gasteiger partial charge on any atom is -0.497 e. The van der Waals surface area contributed by atoms with Crippen LogP contribution in [0.1, 0.15) is 24.9 Å². The zero-order chi connectivity index (χ0) is 15.1. The summed E-state index contributed by atoms with van der Waals surface area (Å²) in [7, 11) is 1.65. The van der Waals surface area contributed by atoms with Gasteiger partial charge in [0.2, 0.25) is 5.91 Å². The Morgan fingerprint density at radius 1 is 1.38 bits per heavy atom. The lowest BCUT2D eigenvalue weighted by molar-refractivity contribution is -0.122. The molecule has 0 bridgehead atoms. The highest BCUT2D eigenvalue weighted by Crippen LogP contribution is 2.24. The fourth-order valence-electron chi connectivity index (χ4n) is 2.30. The topological polar surface area (TPSA) is 62.4 Å².